The second-order valence-electron chi connectivity index (χ2n) is 29.6. The molecule has 4 aliphatic carbocycles. The highest BCUT2D eigenvalue weighted by Gasteiger charge is 2.58. The molecule has 103 heavy (non-hydrogen) atoms. The van der Waals surface area contributed by atoms with Crippen LogP contribution in [0.4, 0.5) is 0 Å². The van der Waals surface area contributed by atoms with E-state index in [0.29, 0.717) is 5.95 Å². The van der Waals surface area contributed by atoms with Gasteiger partial charge in [0.05, 0.1) is 60.8 Å². The predicted molar refractivity (Wildman–Crippen MR) is 424 cm³/mol. The van der Waals surface area contributed by atoms with Gasteiger partial charge in [-0.3, -0.25) is 13.4 Å². The molecule has 12 aromatic carbocycles. The number of rotatable bonds is 6. The minimum atomic E-state index is -0.620. The van der Waals surface area contributed by atoms with Crippen molar-refractivity contribution in [1.29, 1.82) is 0 Å². The molecule has 2 atom stereocenters. The Labute approximate surface area is 592 Å². The highest BCUT2D eigenvalue weighted by Crippen LogP contribution is 2.65. The zero-order valence-corrected chi connectivity index (χ0v) is 57.0. The largest absolute Gasteiger partial charge is 0.308 e. The normalized spacial score (nSPS) is 17.2. The Kier molecular flexibility index (Phi) is 11.3. The summed E-state index contributed by atoms with van der Waals surface area (Å²) in [5, 5.41) is 11.8. The van der Waals surface area contributed by atoms with E-state index < -0.39 is 5.41 Å². The van der Waals surface area contributed by atoms with E-state index in [9.17, 15) is 0 Å². The first-order valence-electron chi connectivity index (χ1n) is 36.2. The third-order valence-electron chi connectivity index (χ3n) is 24.1. The first-order chi connectivity index (χ1) is 50.8. The van der Waals surface area contributed by atoms with Crippen LogP contribution in [0.1, 0.15) is 72.9 Å². The van der Waals surface area contributed by atoms with Crippen LogP contribution in [0.15, 0.2) is 291 Å². The van der Waals surface area contributed by atoms with Gasteiger partial charge in [0.2, 0.25) is 5.95 Å². The van der Waals surface area contributed by atoms with Crippen LogP contribution < -0.4 is 0 Å². The molecule has 2 unspecified atom stereocenters. The van der Waals surface area contributed by atoms with Gasteiger partial charge in [0, 0.05) is 71.7 Å². The number of aromatic nitrogens is 8. The van der Waals surface area contributed by atoms with E-state index in [2.05, 4.69) is 336 Å². The molecular weight excluding hydrogens is 1250 g/mol. The molecule has 0 radical (unpaired) electrons. The Morgan fingerprint density at radius 2 is 1.02 bits per heavy atom. The third kappa shape index (κ3) is 7.29. The van der Waals surface area contributed by atoms with Gasteiger partial charge in [0.15, 0.2) is 5.65 Å². The summed E-state index contributed by atoms with van der Waals surface area (Å²) in [5.41, 5.74) is 28.1. The fourth-order valence-corrected chi connectivity index (χ4v) is 19.9. The summed E-state index contributed by atoms with van der Waals surface area (Å²) in [5.74, 6) is 0.633. The van der Waals surface area contributed by atoms with Gasteiger partial charge in [-0.05, 0) is 140 Å². The zero-order valence-electron chi connectivity index (χ0n) is 57.0. The second-order valence-corrected chi connectivity index (χ2v) is 29.6. The van der Waals surface area contributed by atoms with Crippen molar-refractivity contribution in [3.63, 3.8) is 0 Å². The standard InChI is InChI=1S/C95H64N8/c1-93(2)70-40-15-10-34-64(70)83-86-84(90-96-73-43-18-22-47-77(73)102(90)88(83)93)68-38-14-20-45-75(68)100(86)79-49-27-39-63-61-51-50-57(55-69(61)60-32-8-9-33-62(60)80(63)79)56-28-26-29-58(54-56)85-66-36-12-17-42-72(66)98-92(99-85)101-76-46-21-13-37-67(76)81-82-65-35-11-16-41-71(65)95(59-30-6-4-7-31-59,94(3)52-24-5-25-53-94)89(82)103-78-48-23-19-44-74(78)97-91(103)87(81)101/h4-20,22-45,47-52,54-55H,21,46,53H2,1-3H3. The highest BCUT2D eigenvalue weighted by atomic mass is 15.2. The second kappa shape index (κ2) is 20.5. The number of pyridine rings is 2. The van der Waals surface area contributed by atoms with Gasteiger partial charge in [-0.1, -0.05) is 263 Å². The van der Waals surface area contributed by atoms with E-state index in [1.54, 1.807) is 0 Å². The number of hydrogen-bond donors (Lipinski definition) is 0. The summed E-state index contributed by atoms with van der Waals surface area (Å²) in [4.78, 5) is 22.9. The number of imidazole rings is 2. The van der Waals surface area contributed by atoms with E-state index >= 15 is 0 Å². The van der Waals surface area contributed by atoms with Crippen LogP contribution in [-0.4, -0.2) is 37.9 Å². The van der Waals surface area contributed by atoms with Crippen LogP contribution in [-0.2, 0) is 17.3 Å². The van der Waals surface area contributed by atoms with Crippen molar-refractivity contribution in [2.45, 2.75) is 50.9 Å². The van der Waals surface area contributed by atoms with Gasteiger partial charge in [-0.2, -0.15) is 0 Å². The highest BCUT2D eigenvalue weighted by molar-refractivity contribution is 6.29. The molecular formula is C95H64N8. The van der Waals surface area contributed by atoms with Crippen LogP contribution in [0.25, 0.3) is 172 Å². The van der Waals surface area contributed by atoms with Gasteiger partial charge < -0.3 is 4.57 Å². The molecule has 23 rings (SSSR count). The van der Waals surface area contributed by atoms with E-state index in [0.717, 1.165) is 108 Å². The molecule has 4 aliphatic rings. The number of nitrogens with zero attached hydrogens (tertiary/aromatic N) is 8. The van der Waals surface area contributed by atoms with Gasteiger partial charge in [0.1, 0.15) is 11.2 Å². The predicted octanol–water partition coefficient (Wildman–Crippen LogP) is 23.2. The number of fused-ring (bicyclic) bond motifs is 31. The Balaban J connectivity index is 0.731. The minimum absolute atomic E-state index is 0.314. The molecule has 0 saturated heterocycles. The summed E-state index contributed by atoms with van der Waals surface area (Å²) in [7, 11) is 0. The summed E-state index contributed by atoms with van der Waals surface area (Å²) >= 11 is 0. The van der Waals surface area contributed by atoms with Crippen LogP contribution in [0, 0.1) is 5.41 Å². The Hall–Kier alpha value is -12.8. The number of allylic oxidation sites excluding steroid dienone is 5. The molecule has 0 amide bonds. The monoisotopic (exact) mass is 1320 g/mol. The molecule has 0 N–H and O–H groups in total. The van der Waals surface area contributed by atoms with Crippen molar-refractivity contribution < 1.29 is 0 Å². The topological polar surface area (TPSA) is 70.2 Å². The zero-order chi connectivity index (χ0) is 67.8. The molecule has 0 aliphatic heterocycles. The first-order valence-corrected chi connectivity index (χ1v) is 36.2. The lowest BCUT2D eigenvalue weighted by molar-refractivity contribution is 0.286. The van der Waals surface area contributed by atoms with Crippen LogP contribution >= 0.6 is 0 Å². The van der Waals surface area contributed by atoms with E-state index in [1.165, 1.54) is 110 Å². The number of hydrogen-bond acceptors (Lipinski definition) is 4. The summed E-state index contributed by atoms with van der Waals surface area (Å²) in [6.45, 7) is 7.25. The molecule has 7 heterocycles. The maximum atomic E-state index is 5.89. The lowest BCUT2D eigenvalue weighted by atomic mass is 9.55. The van der Waals surface area contributed by atoms with Crippen LogP contribution in [0.5, 0.6) is 0 Å². The van der Waals surface area contributed by atoms with Crippen molar-refractivity contribution in [3.05, 3.63) is 331 Å². The summed E-state index contributed by atoms with van der Waals surface area (Å²) in [6.07, 6.45) is 16.6. The maximum absolute atomic E-state index is 5.89. The molecule has 19 aromatic rings. The number of para-hydroxylation sites is 6. The molecule has 0 spiro atoms. The van der Waals surface area contributed by atoms with Gasteiger partial charge in [-0.15, -0.1) is 0 Å². The van der Waals surface area contributed by atoms with Gasteiger partial charge in [-0.25, -0.2) is 19.9 Å². The molecule has 0 bridgehead atoms. The first kappa shape index (κ1) is 57.0. The Morgan fingerprint density at radius 3 is 1.81 bits per heavy atom. The average molecular weight is 1320 g/mol. The average Bonchev–Trinajstić information content (AvgIpc) is 1.50. The molecule has 484 valence electrons. The molecule has 0 saturated carbocycles. The van der Waals surface area contributed by atoms with Crippen LogP contribution in [0.3, 0.4) is 0 Å². The van der Waals surface area contributed by atoms with Crippen LogP contribution in [0.2, 0.25) is 0 Å². The Bertz CT molecular complexity index is 7120. The van der Waals surface area contributed by atoms with Gasteiger partial charge >= 0.3 is 0 Å². The third-order valence-corrected chi connectivity index (χ3v) is 24.1. The quantitative estimate of drug-likeness (QED) is 0.156. The van der Waals surface area contributed by atoms with Crippen molar-refractivity contribution in [3.8, 4) is 56.3 Å². The van der Waals surface area contributed by atoms with Crippen molar-refractivity contribution >= 4 is 115 Å². The fraction of sp³-hybridized carbons (Fsp3) is 0.0947. The smallest absolute Gasteiger partial charge is 0.235 e. The van der Waals surface area contributed by atoms with E-state index in [1.807, 2.05) is 0 Å². The Morgan fingerprint density at radius 1 is 0.398 bits per heavy atom. The fourth-order valence-electron chi connectivity index (χ4n) is 19.9. The summed E-state index contributed by atoms with van der Waals surface area (Å²) < 4.78 is 10.0. The molecule has 8 heteroatoms. The number of benzene rings is 12. The van der Waals surface area contributed by atoms with E-state index in [4.69, 9.17) is 19.9 Å². The summed E-state index contributed by atoms with van der Waals surface area (Å²) in [6, 6.07) is 96.7. The van der Waals surface area contributed by atoms with Crippen molar-refractivity contribution in [2.24, 2.45) is 5.41 Å². The van der Waals surface area contributed by atoms with Gasteiger partial charge in [0.25, 0.3) is 0 Å². The molecule has 8 nitrogen and oxygen atoms in total. The van der Waals surface area contributed by atoms with E-state index in [-0.39, 0.29) is 10.8 Å². The lowest BCUT2D eigenvalue weighted by Crippen LogP contribution is -2.45. The molecule has 0 fully saturated rings. The lowest BCUT2D eigenvalue weighted by Gasteiger charge is -2.47. The van der Waals surface area contributed by atoms with Crippen molar-refractivity contribution in [1.82, 2.24) is 37.9 Å². The maximum Gasteiger partial charge on any atom is 0.235 e. The minimum Gasteiger partial charge on any atom is -0.308 e. The SMILES string of the molecule is CC1(C)c2ccccc2-c2c1n1c3ccccc3nc1c1c3ccccc3n(-c3cccc4c5ccc(-c6cccc(-c7nc(-n8c9c(c%10c%11c(n%12c%13ccccc%13nc%12c%108)C(c8ccccc8)(C8(C)C=CC=CC8)c8ccccc8-%11)C=CCC9)nc8ccccc78)c6)cc5c5ccccc5c34)c21. The molecule has 7 aromatic heterocycles. The van der Waals surface area contributed by atoms with Crippen molar-refractivity contribution in [2.75, 3.05) is 0 Å².